The van der Waals surface area contributed by atoms with Gasteiger partial charge in [-0.15, -0.1) is 0 Å². The third kappa shape index (κ3) is 4.75. The van der Waals surface area contributed by atoms with Crippen LogP contribution in [0.4, 0.5) is 5.69 Å². The van der Waals surface area contributed by atoms with Crippen molar-refractivity contribution >= 4 is 11.6 Å². The van der Waals surface area contributed by atoms with Crippen LogP contribution >= 0.6 is 0 Å². The van der Waals surface area contributed by atoms with Gasteiger partial charge in [-0.1, -0.05) is 20.8 Å². The lowest BCUT2D eigenvalue weighted by Gasteiger charge is -2.17. The van der Waals surface area contributed by atoms with Crippen LogP contribution in [0.15, 0.2) is 24.3 Å². The highest BCUT2D eigenvalue weighted by molar-refractivity contribution is 5.94. The number of nitrogens with one attached hydrogen (secondary N) is 1. The summed E-state index contributed by atoms with van der Waals surface area (Å²) in [6.45, 7) is 6.88. The minimum Gasteiger partial charge on any atom is -0.494 e. The molecule has 1 rings (SSSR count). The fourth-order valence-corrected chi connectivity index (χ4v) is 1.23. The molecular weight excluding hydrogens is 228 g/mol. The minimum atomic E-state index is -0.393. The van der Waals surface area contributed by atoms with Gasteiger partial charge in [0.05, 0.1) is 6.61 Å². The third-order valence-corrected chi connectivity index (χ3v) is 2.41. The summed E-state index contributed by atoms with van der Waals surface area (Å²) in [4.78, 5) is 11.8. The molecule has 0 saturated carbocycles. The van der Waals surface area contributed by atoms with Gasteiger partial charge < -0.3 is 15.8 Å². The zero-order valence-electron chi connectivity index (χ0n) is 11.3. The van der Waals surface area contributed by atoms with E-state index in [2.05, 4.69) is 5.32 Å². The predicted molar refractivity (Wildman–Crippen MR) is 73.7 cm³/mol. The van der Waals surface area contributed by atoms with E-state index in [1.807, 2.05) is 45.0 Å². The lowest BCUT2D eigenvalue weighted by molar-refractivity contribution is -0.123. The second-order valence-corrected chi connectivity index (χ2v) is 5.22. The average molecular weight is 250 g/mol. The van der Waals surface area contributed by atoms with E-state index in [9.17, 15) is 4.79 Å². The van der Waals surface area contributed by atoms with Crippen molar-refractivity contribution in [2.45, 2.75) is 27.2 Å². The number of benzene rings is 1. The molecule has 18 heavy (non-hydrogen) atoms. The Kier molecular flexibility index (Phi) is 5.16. The van der Waals surface area contributed by atoms with Crippen molar-refractivity contribution in [3.05, 3.63) is 24.3 Å². The number of carbonyl (C=O) groups excluding carboxylic acids is 1. The molecule has 0 aliphatic heterocycles. The van der Waals surface area contributed by atoms with Crippen LogP contribution in [0.5, 0.6) is 5.75 Å². The second kappa shape index (κ2) is 6.40. The van der Waals surface area contributed by atoms with Crippen molar-refractivity contribution in [1.29, 1.82) is 0 Å². The molecule has 4 heteroatoms. The SMILES string of the molecule is CC(C)(C)C(=O)Nc1ccc(OCCCN)cc1. The molecule has 0 unspecified atom stereocenters. The summed E-state index contributed by atoms with van der Waals surface area (Å²) < 4.78 is 5.48. The van der Waals surface area contributed by atoms with Crippen molar-refractivity contribution in [3.8, 4) is 5.75 Å². The third-order valence-electron chi connectivity index (χ3n) is 2.41. The number of hydrogen-bond donors (Lipinski definition) is 2. The minimum absolute atomic E-state index is 0.000648. The highest BCUT2D eigenvalue weighted by atomic mass is 16.5. The number of ether oxygens (including phenoxy) is 1. The van der Waals surface area contributed by atoms with Crippen LogP contribution in [0.3, 0.4) is 0 Å². The van der Waals surface area contributed by atoms with Crippen LogP contribution in [0, 0.1) is 5.41 Å². The predicted octanol–water partition coefficient (Wildman–Crippen LogP) is 2.40. The first-order chi connectivity index (χ1) is 8.43. The maximum Gasteiger partial charge on any atom is 0.229 e. The van der Waals surface area contributed by atoms with Gasteiger partial charge in [-0.3, -0.25) is 4.79 Å². The zero-order chi connectivity index (χ0) is 13.6. The van der Waals surface area contributed by atoms with Crippen LogP contribution < -0.4 is 15.8 Å². The molecule has 100 valence electrons. The van der Waals surface area contributed by atoms with Crippen molar-refractivity contribution < 1.29 is 9.53 Å². The first-order valence-electron chi connectivity index (χ1n) is 6.18. The smallest absolute Gasteiger partial charge is 0.229 e. The monoisotopic (exact) mass is 250 g/mol. The number of rotatable bonds is 5. The van der Waals surface area contributed by atoms with Crippen LogP contribution in [0.1, 0.15) is 27.2 Å². The fraction of sp³-hybridized carbons (Fsp3) is 0.500. The Bertz CT molecular complexity index is 380. The molecule has 0 aliphatic carbocycles. The van der Waals surface area contributed by atoms with Crippen LogP contribution in [-0.4, -0.2) is 19.1 Å². The lowest BCUT2D eigenvalue weighted by atomic mass is 9.95. The fourth-order valence-electron chi connectivity index (χ4n) is 1.23. The van der Waals surface area contributed by atoms with Gasteiger partial charge in [0.15, 0.2) is 0 Å². The number of hydrogen-bond acceptors (Lipinski definition) is 3. The highest BCUT2D eigenvalue weighted by Crippen LogP contribution is 2.19. The van der Waals surface area contributed by atoms with E-state index in [0.717, 1.165) is 17.9 Å². The van der Waals surface area contributed by atoms with Gasteiger partial charge in [0.1, 0.15) is 5.75 Å². The Hall–Kier alpha value is -1.55. The van der Waals surface area contributed by atoms with Gasteiger partial charge in [0, 0.05) is 11.1 Å². The van der Waals surface area contributed by atoms with Gasteiger partial charge in [-0.05, 0) is 37.2 Å². The molecule has 0 spiro atoms. The number of anilines is 1. The maximum absolute atomic E-state index is 11.8. The molecule has 4 nitrogen and oxygen atoms in total. The summed E-state index contributed by atoms with van der Waals surface area (Å²) in [5.41, 5.74) is 5.77. The van der Waals surface area contributed by atoms with E-state index < -0.39 is 5.41 Å². The number of nitrogens with two attached hydrogens (primary N) is 1. The molecule has 0 bridgehead atoms. The molecule has 0 aliphatic rings. The normalized spacial score (nSPS) is 11.1. The highest BCUT2D eigenvalue weighted by Gasteiger charge is 2.20. The van der Waals surface area contributed by atoms with Gasteiger partial charge in [-0.2, -0.15) is 0 Å². The average Bonchev–Trinajstić information content (AvgIpc) is 2.30. The zero-order valence-corrected chi connectivity index (χ0v) is 11.3. The molecule has 0 fully saturated rings. The molecule has 1 amide bonds. The first-order valence-corrected chi connectivity index (χ1v) is 6.18. The molecular formula is C14H22N2O2. The maximum atomic E-state index is 11.8. The molecule has 3 N–H and O–H groups in total. The van der Waals surface area contributed by atoms with E-state index in [1.165, 1.54) is 0 Å². The summed E-state index contributed by atoms with van der Waals surface area (Å²) >= 11 is 0. The Balaban J connectivity index is 2.53. The molecule has 0 saturated heterocycles. The van der Waals surface area contributed by atoms with Crippen LogP contribution in [0.2, 0.25) is 0 Å². The largest absolute Gasteiger partial charge is 0.494 e. The Morgan fingerprint density at radius 2 is 1.89 bits per heavy atom. The van der Waals surface area contributed by atoms with Gasteiger partial charge in [0.25, 0.3) is 0 Å². The molecule has 1 aromatic carbocycles. The van der Waals surface area contributed by atoms with Crippen molar-refractivity contribution in [1.82, 2.24) is 0 Å². The van der Waals surface area contributed by atoms with Gasteiger partial charge in [0.2, 0.25) is 5.91 Å². The van der Waals surface area contributed by atoms with Crippen LogP contribution in [0.25, 0.3) is 0 Å². The first kappa shape index (κ1) is 14.5. The van der Waals surface area contributed by atoms with Crippen molar-refractivity contribution in [2.75, 3.05) is 18.5 Å². The van der Waals surface area contributed by atoms with E-state index in [1.54, 1.807) is 0 Å². The molecule has 0 atom stereocenters. The summed E-state index contributed by atoms with van der Waals surface area (Å²) in [7, 11) is 0. The van der Waals surface area contributed by atoms with E-state index in [-0.39, 0.29) is 5.91 Å². The van der Waals surface area contributed by atoms with E-state index >= 15 is 0 Å². The number of amides is 1. The molecule has 1 aromatic rings. The Morgan fingerprint density at radius 3 is 2.39 bits per heavy atom. The van der Waals surface area contributed by atoms with E-state index in [4.69, 9.17) is 10.5 Å². The van der Waals surface area contributed by atoms with Crippen molar-refractivity contribution in [2.24, 2.45) is 11.1 Å². The van der Waals surface area contributed by atoms with Gasteiger partial charge >= 0.3 is 0 Å². The summed E-state index contributed by atoms with van der Waals surface area (Å²) in [5, 5.41) is 2.86. The Labute approximate surface area is 109 Å². The Morgan fingerprint density at radius 1 is 1.28 bits per heavy atom. The molecule has 0 aromatic heterocycles. The summed E-state index contributed by atoms with van der Waals surface area (Å²) in [5.74, 6) is 0.788. The standard InChI is InChI=1S/C14H22N2O2/c1-14(2,3)13(17)16-11-5-7-12(8-6-11)18-10-4-9-15/h5-8H,4,9-10,15H2,1-3H3,(H,16,17). The second-order valence-electron chi connectivity index (χ2n) is 5.22. The molecule has 0 radical (unpaired) electrons. The van der Waals surface area contributed by atoms with Gasteiger partial charge in [-0.25, -0.2) is 0 Å². The summed E-state index contributed by atoms with van der Waals surface area (Å²) in [6, 6.07) is 7.35. The quantitative estimate of drug-likeness (QED) is 0.789. The lowest BCUT2D eigenvalue weighted by Crippen LogP contribution is -2.27. The summed E-state index contributed by atoms with van der Waals surface area (Å²) in [6.07, 6.45) is 0.836. The van der Waals surface area contributed by atoms with Crippen LogP contribution in [-0.2, 0) is 4.79 Å². The molecule has 0 heterocycles. The number of carbonyl (C=O) groups is 1. The van der Waals surface area contributed by atoms with Crippen molar-refractivity contribution in [3.63, 3.8) is 0 Å². The topological polar surface area (TPSA) is 64.3 Å². The van der Waals surface area contributed by atoms with E-state index in [0.29, 0.717) is 13.2 Å².